The van der Waals surface area contributed by atoms with Gasteiger partial charge in [-0.15, -0.1) is 0 Å². The number of carbonyl (C=O) groups is 1. The van der Waals surface area contributed by atoms with E-state index in [-0.39, 0.29) is 6.04 Å². The predicted molar refractivity (Wildman–Crippen MR) is 65.2 cm³/mol. The monoisotopic (exact) mass is 263 g/mol. The van der Waals surface area contributed by atoms with E-state index in [9.17, 15) is 13.2 Å². The smallest absolute Gasteiger partial charge is 0.321 e. The average molecular weight is 263 g/mol. The Morgan fingerprint density at radius 3 is 2.35 bits per heavy atom. The first-order valence-electron chi connectivity index (χ1n) is 5.81. The van der Waals surface area contributed by atoms with Gasteiger partial charge >= 0.3 is 5.97 Å². The quantitative estimate of drug-likeness (QED) is 0.754. The Kier molecular flexibility index (Phi) is 4.19. The topological polar surface area (TPSA) is 86.5 Å². The summed E-state index contributed by atoms with van der Waals surface area (Å²) in [6.45, 7) is 5.12. The average Bonchev–Trinajstić information content (AvgIpc) is 2.46. The fraction of sp³-hybridized carbons (Fsp3) is 0.909. The van der Waals surface area contributed by atoms with Crippen molar-refractivity contribution >= 4 is 15.8 Å². The van der Waals surface area contributed by atoms with Gasteiger partial charge in [0.25, 0.3) is 0 Å². The van der Waals surface area contributed by atoms with E-state index in [0.717, 1.165) is 6.42 Å². The molecule has 0 aromatic heterocycles. The van der Waals surface area contributed by atoms with Crippen molar-refractivity contribution < 1.29 is 17.9 Å². The minimum atomic E-state index is -3.48. The van der Waals surface area contributed by atoms with Crippen molar-refractivity contribution in [2.24, 2.45) is 5.73 Å². The summed E-state index contributed by atoms with van der Waals surface area (Å²) in [5.41, 5.74) is 5.07. The van der Waals surface area contributed by atoms with E-state index < -0.39 is 32.4 Å². The molecule has 0 radical (unpaired) electrons. The van der Waals surface area contributed by atoms with E-state index >= 15 is 0 Å². The van der Waals surface area contributed by atoms with Crippen LogP contribution in [0.2, 0.25) is 0 Å². The highest BCUT2D eigenvalue weighted by atomic mass is 32.2. The third kappa shape index (κ3) is 4.27. The summed E-state index contributed by atoms with van der Waals surface area (Å²) in [4.78, 5) is 11.5. The van der Waals surface area contributed by atoms with Gasteiger partial charge in [0.05, 0.1) is 5.25 Å². The Morgan fingerprint density at radius 2 is 1.94 bits per heavy atom. The van der Waals surface area contributed by atoms with Gasteiger partial charge in [-0.1, -0.05) is 6.42 Å². The van der Waals surface area contributed by atoms with Gasteiger partial charge in [0.2, 0.25) is 0 Å². The maximum Gasteiger partial charge on any atom is 0.321 e. The Morgan fingerprint density at radius 1 is 1.35 bits per heavy atom. The van der Waals surface area contributed by atoms with Crippen LogP contribution >= 0.6 is 0 Å². The van der Waals surface area contributed by atoms with Crippen molar-refractivity contribution in [3.63, 3.8) is 0 Å². The van der Waals surface area contributed by atoms with Crippen LogP contribution in [-0.2, 0) is 19.4 Å². The Balaban J connectivity index is 2.64. The Labute approximate surface area is 103 Å². The minimum absolute atomic E-state index is 0.345. The van der Waals surface area contributed by atoms with Crippen molar-refractivity contribution in [2.45, 2.75) is 56.9 Å². The number of rotatable bonds is 3. The molecule has 0 saturated heterocycles. The summed E-state index contributed by atoms with van der Waals surface area (Å²) in [6.07, 6.45) is 2.06. The summed E-state index contributed by atoms with van der Waals surface area (Å²) in [7, 11) is -3.48. The van der Waals surface area contributed by atoms with Crippen molar-refractivity contribution in [3.05, 3.63) is 0 Å². The minimum Gasteiger partial charge on any atom is -0.459 e. The van der Waals surface area contributed by atoms with E-state index in [1.54, 1.807) is 20.8 Å². The molecule has 0 amide bonds. The van der Waals surface area contributed by atoms with Crippen LogP contribution in [0, 0.1) is 0 Å². The van der Waals surface area contributed by atoms with Crippen molar-refractivity contribution in [2.75, 3.05) is 5.75 Å². The zero-order chi connectivity index (χ0) is 13.3. The zero-order valence-electron chi connectivity index (χ0n) is 10.6. The first-order chi connectivity index (χ1) is 7.62. The summed E-state index contributed by atoms with van der Waals surface area (Å²) >= 11 is 0. The van der Waals surface area contributed by atoms with Gasteiger partial charge in [0.15, 0.2) is 9.84 Å². The molecule has 1 aliphatic rings. The number of carbonyl (C=O) groups excluding carboxylic acids is 1. The maximum absolute atomic E-state index is 12.0. The standard InChI is InChI=1S/C11H21NO4S/c1-11(2,3)16-10(13)7-17(14,15)9-6-4-5-8(9)12/h8-9H,4-7,12H2,1-3H3. The van der Waals surface area contributed by atoms with Gasteiger partial charge in [-0.05, 0) is 33.6 Å². The number of hydrogen-bond donors (Lipinski definition) is 1. The molecule has 0 aromatic carbocycles. The van der Waals surface area contributed by atoms with Gasteiger partial charge in [-0.25, -0.2) is 8.42 Å². The number of esters is 1. The molecule has 0 aromatic rings. The second-order valence-corrected chi connectivity index (χ2v) is 7.75. The molecule has 17 heavy (non-hydrogen) atoms. The first kappa shape index (κ1) is 14.4. The van der Waals surface area contributed by atoms with Gasteiger partial charge < -0.3 is 10.5 Å². The van der Waals surface area contributed by atoms with E-state index in [1.165, 1.54) is 0 Å². The van der Waals surface area contributed by atoms with Crippen molar-refractivity contribution in [3.8, 4) is 0 Å². The highest BCUT2D eigenvalue weighted by Crippen LogP contribution is 2.24. The molecule has 2 unspecified atom stereocenters. The predicted octanol–water partition coefficient (Wildman–Crippen LogP) is 0.623. The molecular weight excluding hydrogens is 242 g/mol. The van der Waals surface area contributed by atoms with Gasteiger partial charge in [0.1, 0.15) is 11.4 Å². The van der Waals surface area contributed by atoms with Crippen LogP contribution in [0.25, 0.3) is 0 Å². The maximum atomic E-state index is 12.0. The van der Waals surface area contributed by atoms with Crippen LogP contribution in [0.3, 0.4) is 0 Å². The van der Waals surface area contributed by atoms with Crippen LogP contribution in [0.5, 0.6) is 0 Å². The SMILES string of the molecule is CC(C)(C)OC(=O)CS(=O)(=O)C1CCCC1N. The van der Waals surface area contributed by atoms with Gasteiger partial charge in [-0.2, -0.15) is 0 Å². The lowest BCUT2D eigenvalue weighted by molar-refractivity contribution is -0.151. The molecule has 2 atom stereocenters. The summed E-state index contributed by atoms with van der Waals surface area (Å²) in [6, 6.07) is -0.345. The molecule has 1 rings (SSSR count). The van der Waals surface area contributed by atoms with E-state index in [4.69, 9.17) is 10.5 Å². The van der Waals surface area contributed by atoms with Crippen LogP contribution in [0.4, 0.5) is 0 Å². The molecular formula is C11H21NO4S. The molecule has 0 heterocycles. The number of hydrogen-bond acceptors (Lipinski definition) is 5. The summed E-state index contributed by atoms with van der Waals surface area (Å²) < 4.78 is 28.9. The summed E-state index contributed by atoms with van der Waals surface area (Å²) in [5, 5.41) is -0.588. The molecule has 6 heteroatoms. The molecule has 100 valence electrons. The van der Waals surface area contributed by atoms with E-state index in [2.05, 4.69) is 0 Å². The summed E-state index contributed by atoms with van der Waals surface area (Å²) in [5.74, 6) is -1.26. The molecule has 0 aliphatic heterocycles. The van der Waals surface area contributed by atoms with Crippen LogP contribution in [0.1, 0.15) is 40.0 Å². The molecule has 0 bridgehead atoms. The molecule has 5 nitrogen and oxygen atoms in total. The molecule has 2 N–H and O–H groups in total. The lowest BCUT2D eigenvalue weighted by atomic mass is 10.2. The van der Waals surface area contributed by atoms with Crippen molar-refractivity contribution in [1.29, 1.82) is 0 Å². The van der Waals surface area contributed by atoms with E-state index in [0.29, 0.717) is 12.8 Å². The van der Waals surface area contributed by atoms with Crippen LogP contribution < -0.4 is 5.73 Å². The molecule has 1 fully saturated rings. The largest absolute Gasteiger partial charge is 0.459 e. The molecule has 1 saturated carbocycles. The second kappa shape index (κ2) is 4.94. The second-order valence-electron chi connectivity index (χ2n) is 5.53. The zero-order valence-corrected chi connectivity index (χ0v) is 11.4. The van der Waals surface area contributed by atoms with Gasteiger partial charge in [-0.3, -0.25) is 4.79 Å². The fourth-order valence-corrected chi connectivity index (χ4v) is 3.84. The fourth-order valence-electron chi connectivity index (χ4n) is 2.04. The Hall–Kier alpha value is -0.620. The van der Waals surface area contributed by atoms with E-state index in [1.807, 2.05) is 0 Å². The first-order valence-corrected chi connectivity index (χ1v) is 7.52. The third-order valence-electron chi connectivity index (χ3n) is 2.70. The molecule has 0 spiro atoms. The number of nitrogens with two attached hydrogens (primary N) is 1. The molecule has 1 aliphatic carbocycles. The van der Waals surface area contributed by atoms with Gasteiger partial charge in [0, 0.05) is 6.04 Å². The highest BCUT2D eigenvalue weighted by molar-refractivity contribution is 7.92. The highest BCUT2D eigenvalue weighted by Gasteiger charge is 2.37. The van der Waals surface area contributed by atoms with Crippen LogP contribution in [-0.4, -0.2) is 37.0 Å². The third-order valence-corrected chi connectivity index (χ3v) is 4.85. The Bertz CT molecular complexity index is 383. The lowest BCUT2D eigenvalue weighted by Crippen LogP contribution is -2.40. The normalized spacial score (nSPS) is 25.9. The lowest BCUT2D eigenvalue weighted by Gasteiger charge is -2.21. The number of sulfone groups is 1. The van der Waals surface area contributed by atoms with Crippen LogP contribution in [0.15, 0.2) is 0 Å². The van der Waals surface area contributed by atoms with Crippen molar-refractivity contribution in [1.82, 2.24) is 0 Å². The number of ether oxygens (including phenoxy) is 1.